The molecule has 8 heteroatoms. The van der Waals surface area contributed by atoms with Crippen LogP contribution in [0.4, 0.5) is 5.69 Å². The summed E-state index contributed by atoms with van der Waals surface area (Å²) in [4.78, 5) is 32.8. The zero-order valence-corrected chi connectivity index (χ0v) is 14.3. The van der Waals surface area contributed by atoms with E-state index in [0.717, 1.165) is 11.1 Å². The van der Waals surface area contributed by atoms with Crippen LogP contribution in [0.1, 0.15) is 32.7 Å². The number of nitrogens with zero attached hydrogens (tertiary/aromatic N) is 4. The van der Waals surface area contributed by atoms with E-state index in [1.165, 1.54) is 23.2 Å². The van der Waals surface area contributed by atoms with Crippen molar-refractivity contribution < 1.29 is 9.21 Å². The van der Waals surface area contributed by atoms with Gasteiger partial charge < -0.3 is 9.73 Å². The number of carbonyl (C=O) groups is 1. The fraction of sp³-hybridized carbons (Fsp3) is 0.105. The third kappa shape index (κ3) is 2.91. The number of carbonyl (C=O) groups excluding carboxylic acids is 1. The number of rotatable bonds is 2. The summed E-state index contributed by atoms with van der Waals surface area (Å²) in [6.45, 7) is 2.17. The van der Waals surface area contributed by atoms with Crippen molar-refractivity contribution in [2.45, 2.75) is 13.5 Å². The molecule has 0 saturated carbocycles. The lowest BCUT2D eigenvalue weighted by atomic mass is 10.1. The van der Waals surface area contributed by atoms with Crippen molar-refractivity contribution in [1.82, 2.24) is 9.55 Å². The molecule has 0 aliphatic carbocycles. The van der Waals surface area contributed by atoms with Gasteiger partial charge in [-0.25, -0.2) is 14.3 Å². The lowest BCUT2D eigenvalue weighted by molar-refractivity contribution is 0.102. The van der Waals surface area contributed by atoms with Crippen LogP contribution >= 0.6 is 0 Å². The third-order valence-electron chi connectivity index (χ3n) is 4.23. The molecule has 3 heterocycles. The number of nitrogens with one attached hydrogen (secondary N) is 1. The van der Waals surface area contributed by atoms with E-state index >= 15 is 0 Å². The molecule has 4 rings (SSSR count). The Kier molecular flexibility index (Phi) is 3.90. The van der Waals surface area contributed by atoms with Gasteiger partial charge in [0, 0.05) is 17.4 Å². The summed E-state index contributed by atoms with van der Waals surface area (Å²) in [7, 11) is 0. The maximum Gasteiger partial charge on any atom is 0.424 e. The Hall–Kier alpha value is -3.99. The van der Waals surface area contributed by atoms with Crippen LogP contribution in [0.3, 0.4) is 0 Å². The molecule has 0 atom stereocenters. The predicted octanol–water partition coefficient (Wildman–Crippen LogP) is 2.08. The van der Waals surface area contributed by atoms with Crippen LogP contribution in [0, 0.1) is 18.3 Å². The highest BCUT2D eigenvalue weighted by Crippen LogP contribution is 2.24. The molecule has 0 bridgehead atoms. The Morgan fingerprint density at radius 2 is 2.22 bits per heavy atom. The minimum atomic E-state index is -0.520. The fourth-order valence-corrected chi connectivity index (χ4v) is 2.94. The molecule has 0 fully saturated rings. The molecule has 132 valence electrons. The predicted molar refractivity (Wildman–Crippen MR) is 96.7 cm³/mol. The monoisotopic (exact) mass is 359 g/mol. The summed E-state index contributed by atoms with van der Waals surface area (Å²) >= 11 is 0. The summed E-state index contributed by atoms with van der Waals surface area (Å²) in [5.74, 6) is -0.421. The maximum atomic E-state index is 12.5. The summed E-state index contributed by atoms with van der Waals surface area (Å²) in [6.07, 6.45) is 4.17. The first-order valence-corrected chi connectivity index (χ1v) is 8.09. The van der Waals surface area contributed by atoms with Crippen molar-refractivity contribution in [3.8, 4) is 6.07 Å². The fourth-order valence-electron chi connectivity index (χ4n) is 2.94. The standard InChI is InChI=1S/C19H13N5O3/c1-11-6-12(8-20)9-21-16(11)18(25)23-14-3-2-13-10-22-17(15(13)7-14)24-4-5-27-19(24)26/h2-7,9H,10H2,1H3,(H,23,25). The van der Waals surface area contributed by atoms with Crippen molar-refractivity contribution in [1.29, 1.82) is 5.26 Å². The molecule has 0 unspecified atom stereocenters. The van der Waals surface area contributed by atoms with Gasteiger partial charge in [-0.15, -0.1) is 0 Å². The van der Waals surface area contributed by atoms with Gasteiger partial charge in [0.1, 0.15) is 23.9 Å². The number of aliphatic imine (C=N–C) groups is 1. The summed E-state index contributed by atoms with van der Waals surface area (Å²) in [5, 5.41) is 11.7. The van der Waals surface area contributed by atoms with Gasteiger partial charge in [0.25, 0.3) is 5.91 Å². The molecule has 8 nitrogen and oxygen atoms in total. The second kappa shape index (κ2) is 6.38. The van der Waals surface area contributed by atoms with E-state index in [1.807, 2.05) is 12.1 Å². The zero-order valence-electron chi connectivity index (χ0n) is 14.3. The average molecular weight is 359 g/mol. The van der Waals surface area contributed by atoms with Gasteiger partial charge >= 0.3 is 5.76 Å². The first-order valence-electron chi connectivity index (χ1n) is 8.09. The van der Waals surface area contributed by atoms with Crippen LogP contribution in [-0.4, -0.2) is 21.3 Å². The number of oxazole rings is 1. The molecule has 1 N–H and O–H groups in total. The van der Waals surface area contributed by atoms with Crippen molar-refractivity contribution >= 4 is 17.4 Å². The van der Waals surface area contributed by atoms with Crippen molar-refractivity contribution in [3.63, 3.8) is 0 Å². The molecule has 3 aromatic rings. The molecule has 1 aliphatic heterocycles. The number of amides is 1. The smallest absolute Gasteiger partial charge is 0.416 e. The van der Waals surface area contributed by atoms with E-state index in [1.54, 1.807) is 25.1 Å². The van der Waals surface area contributed by atoms with Gasteiger partial charge in [-0.2, -0.15) is 5.26 Å². The zero-order chi connectivity index (χ0) is 19.0. The summed E-state index contributed by atoms with van der Waals surface area (Å²) in [6, 6.07) is 8.99. The topological polar surface area (TPSA) is 113 Å². The Balaban J connectivity index is 1.63. The van der Waals surface area contributed by atoms with Gasteiger partial charge in [-0.3, -0.25) is 9.79 Å². The van der Waals surface area contributed by atoms with Gasteiger partial charge in [0.15, 0.2) is 0 Å². The first kappa shape index (κ1) is 16.5. The van der Waals surface area contributed by atoms with Crippen molar-refractivity contribution in [2.24, 2.45) is 4.99 Å². The molecule has 0 radical (unpaired) electrons. The molecular formula is C19H13N5O3. The Morgan fingerprint density at radius 1 is 1.37 bits per heavy atom. The van der Waals surface area contributed by atoms with E-state index in [4.69, 9.17) is 9.68 Å². The lowest BCUT2D eigenvalue weighted by Crippen LogP contribution is -2.22. The highest BCUT2D eigenvalue weighted by atomic mass is 16.4. The number of nitriles is 1. The van der Waals surface area contributed by atoms with Crippen LogP contribution in [0.25, 0.3) is 0 Å². The van der Waals surface area contributed by atoms with E-state index in [0.29, 0.717) is 29.2 Å². The number of benzene rings is 1. The van der Waals surface area contributed by atoms with Crippen LogP contribution in [0.5, 0.6) is 0 Å². The number of anilines is 1. The molecule has 1 aliphatic rings. The van der Waals surface area contributed by atoms with E-state index < -0.39 is 5.76 Å². The SMILES string of the molecule is Cc1cc(C#N)cnc1C(=O)Nc1ccc2c(c1)C(n1ccoc1=O)=NC2. The molecule has 27 heavy (non-hydrogen) atoms. The van der Waals surface area contributed by atoms with Gasteiger partial charge in [0.05, 0.1) is 18.3 Å². The minimum absolute atomic E-state index is 0.245. The highest BCUT2D eigenvalue weighted by Gasteiger charge is 2.20. The Labute approximate surface area is 153 Å². The first-order chi connectivity index (χ1) is 13.1. The molecule has 0 spiro atoms. The molecule has 1 amide bonds. The number of aromatic nitrogens is 2. The second-order valence-electron chi connectivity index (χ2n) is 6.01. The van der Waals surface area contributed by atoms with E-state index in [9.17, 15) is 9.59 Å². The van der Waals surface area contributed by atoms with Crippen LogP contribution in [0.2, 0.25) is 0 Å². The highest BCUT2D eigenvalue weighted by molar-refractivity contribution is 6.07. The van der Waals surface area contributed by atoms with Crippen LogP contribution in [-0.2, 0) is 6.54 Å². The molecular weight excluding hydrogens is 346 g/mol. The van der Waals surface area contributed by atoms with Crippen molar-refractivity contribution in [3.05, 3.63) is 81.4 Å². The lowest BCUT2D eigenvalue weighted by Gasteiger charge is -2.09. The Bertz CT molecular complexity index is 1200. The number of aryl methyl sites for hydroxylation is 1. The molecule has 0 saturated heterocycles. The van der Waals surface area contributed by atoms with E-state index in [2.05, 4.69) is 15.3 Å². The van der Waals surface area contributed by atoms with Gasteiger partial charge in [0.2, 0.25) is 0 Å². The summed E-state index contributed by atoms with van der Waals surface area (Å²) in [5.41, 5.74) is 3.50. The Morgan fingerprint density at radius 3 is 2.93 bits per heavy atom. The third-order valence-corrected chi connectivity index (χ3v) is 4.23. The molecule has 2 aromatic heterocycles. The quantitative estimate of drug-likeness (QED) is 0.752. The second-order valence-corrected chi connectivity index (χ2v) is 6.01. The van der Waals surface area contributed by atoms with Gasteiger partial charge in [-0.1, -0.05) is 6.07 Å². The molecule has 1 aromatic carbocycles. The number of pyridine rings is 1. The van der Waals surface area contributed by atoms with Crippen LogP contribution in [0.15, 0.2) is 57.1 Å². The van der Waals surface area contributed by atoms with E-state index in [-0.39, 0.29) is 11.6 Å². The minimum Gasteiger partial charge on any atom is -0.416 e. The average Bonchev–Trinajstić information content (AvgIpc) is 3.26. The van der Waals surface area contributed by atoms with Crippen molar-refractivity contribution in [2.75, 3.05) is 5.32 Å². The maximum absolute atomic E-state index is 12.5. The largest absolute Gasteiger partial charge is 0.424 e. The number of fused-ring (bicyclic) bond motifs is 1. The summed E-state index contributed by atoms with van der Waals surface area (Å²) < 4.78 is 6.13. The van der Waals surface area contributed by atoms with Crippen LogP contribution < -0.4 is 11.1 Å². The number of hydrogen-bond acceptors (Lipinski definition) is 6. The normalized spacial score (nSPS) is 12.2. The number of hydrogen-bond donors (Lipinski definition) is 1. The van der Waals surface area contributed by atoms with Gasteiger partial charge in [-0.05, 0) is 36.2 Å².